The Morgan fingerprint density at radius 3 is 2.69 bits per heavy atom. The van der Waals surface area contributed by atoms with Gasteiger partial charge in [0.25, 0.3) is 0 Å². The van der Waals surface area contributed by atoms with E-state index in [0.29, 0.717) is 12.8 Å². The second-order valence-corrected chi connectivity index (χ2v) is 4.07. The third-order valence-electron chi connectivity index (χ3n) is 2.88. The molecular weight excluding hydrogens is 214 g/mol. The van der Waals surface area contributed by atoms with E-state index in [-0.39, 0.29) is 23.6 Å². The van der Waals surface area contributed by atoms with Crippen molar-refractivity contribution in [2.24, 2.45) is 5.92 Å². The fraction of sp³-hybridized carbons (Fsp3) is 0.417. The topological polar surface area (TPSA) is 26.3 Å². The molecule has 1 aliphatic carbocycles. The van der Waals surface area contributed by atoms with Crippen LogP contribution in [0.15, 0.2) is 18.2 Å². The molecule has 1 aliphatic rings. The Balaban J connectivity index is 1.97. The first-order valence-corrected chi connectivity index (χ1v) is 5.19. The van der Waals surface area contributed by atoms with E-state index in [9.17, 15) is 13.6 Å². The molecule has 0 radical (unpaired) electrons. The Morgan fingerprint density at radius 2 is 2.06 bits per heavy atom. The molecule has 0 heterocycles. The summed E-state index contributed by atoms with van der Waals surface area (Å²) < 4.78 is 31.3. The average Bonchev–Trinajstić information content (AvgIpc) is 2.16. The van der Waals surface area contributed by atoms with Crippen molar-refractivity contribution in [3.63, 3.8) is 0 Å². The predicted octanol–water partition coefficient (Wildman–Crippen LogP) is 2.71. The molecule has 2 rings (SSSR count). The number of rotatable bonds is 3. The van der Waals surface area contributed by atoms with E-state index < -0.39 is 11.6 Å². The first kappa shape index (κ1) is 11.0. The molecule has 1 aromatic rings. The number of hydrogen-bond acceptors (Lipinski definition) is 2. The molecule has 1 aromatic carbocycles. The lowest BCUT2D eigenvalue weighted by molar-refractivity contribution is -0.126. The smallest absolute Gasteiger partial charge is 0.200 e. The minimum atomic E-state index is -0.964. The highest BCUT2D eigenvalue weighted by atomic mass is 19.2. The number of benzene rings is 1. The van der Waals surface area contributed by atoms with Gasteiger partial charge in [0.1, 0.15) is 11.9 Å². The maximum absolute atomic E-state index is 13.2. The maximum Gasteiger partial charge on any atom is 0.200 e. The van der Waals surface area contributed by atoms with Crippen LogP contribution in [-0.2, 0) is 4.79 Å². The van der Waals surface area contributed by atoms with Crippen molar-refractivity contribution in [3.05, 3.63) is 29.8 Å². The second-order valence-electron chi connectivity index (χ2n) is 4.07. The van der Waals surface area contributed by atoms with E-state index in [2.05, 4.69) is 0 Å². The van der Waals surface area contributed by atoms with Crippen molar-refractivity contribution in [1.82, 2.24) is 0 Å². The molecule has 0 aromatic heterocycles. The molecule has 0 atom stereocenters. The van der Waals surface area contributed by atoms with Crippen LogP contribution in [0.3, 0.4) is 0 Å². The standard InChI is InChI=1S/C12H12F2O2/c1-7(15)8-5-9(6-8)16-11-4-2-3-10(13)12(11)14/h2-4,8-9H,5-6H2,1H3. The Bertz CT molecular complexity index is 411. The molecular formula is C12H12F2O2. The lowest BCUT2D eigenvalue weighted by Crippen LogP contribution is -2.37. The van der Waals surface area contributed by atoms with Crippen LogP contribution in [0.4, 0.5) is 8.78 Å². The zero-order chi connectivity index (χ0) is 11.7. The van der Waals surface area contributed by atoms with Gasteiger partial charge in [0, 0.05) is 5.92 Å². The fourth-order valence-corrected chi connectivity index (χ4v) is 1.75. The number of Topliss-reactive ketones (excluding diaryl/α,β-unsaturated/α-hetero) is 1. The largest absolute Gasteiger partial charge is 0.487 e. The van der Waals surface area contributed by atoms with E-state index in [1.54, 1.807) is 0 Å². The van der Waals surface area contributed by atoms with Crippen LogP contribution in [0, 0.1) is 17.6 Å². The van der Waals surface area contributed by atoms with Crippen LogP contribution in [-0.4, -0.2) is 11.9 Å². The minimum Gasteiger partial charge on any atom is -0.487 e. The zero-order valence-corrected chi connectivity index (χ0v) is 8.87. The van der Waals surface area contributed by atoms with E-state index in [4.69, 9.17) is 4.74 Å². The van der Waals surface area contributed by atoms with E-state index in [0.717, 1.165) is 6.07 Å². The lowest BCUT2D eigenvalue weighted by Gasteiger charge is -2.33. The number of halogens is 2. The summed E-state index contributed by atoms with van der Waals surface area (Å²) in [5, 5.41) is 0. The molecule has 4 heteroatoms. The van der Waals surface area contributed by atoms with E-state index in [1.165, 1.54) is 19.1 Å². The number of ether oxygens (including phenoxy) is 1. The Labute approximate surface area is 92.2 Å². The Morgan fingerprint density at radius 1 is 1.38 bits per heavy atom. The van der Waals surface area contributed by atoms with Crippen molar-refractivity contribution in [2.75, 3.05) is 0 Å². The fourth-order valence-electron chi connectivity index (χ4n) is 1.75. The third kappa shape index (κ3) is 2.05. The van der Waals surface area contributed by atoms with Crippen molar-refractivity contribution < 1.29 is 18.3 Å². The molecule has 0 unspecified atom stereocenters. The molecule has 0 bridgehead atoms. The van der Waals surface area contributed by atoms with Crippen LogP contribution >= 0.6 is 0 Å². The van der Waals surface area contributed by atoms with Gasteiger partial charge in [-0.15, -0.1) is 0 Å². The molecule has 86 valence electrons. The summed E-state index contributed by atoms with van der Waals surface area (Å²) >= 11 is 0. The molecule has 0 aliphatic heterocycles. The van der Waals surface area contributed by atoms with Gasteiger partial charge in [-0.05, 0) is 31.9 Å². The van der Waals surface area contributed by atoms with Crippen molar-refractivity contribution in [1.29, 1.82) is 0 Å². The summed E-state index contributed by atoms with van der Waals surface area (Å²) in [4.78, 5) is 11.0. The van der Waals surface area contributed by atoms with Crippen molar-refractivity contribution in [3.8, 4) is 5.75 Å². The third-order valence-corrected chi connectivity index (χ3v) is 2.88. The molecule has 0 spiro atoms. The van der Waals surface area contributed by atoms with Crippen LogP contribution in [0.25, 0.3) is 0 Å². The van der Waals surface area contributed by atoms with Gasteiger partial charge in [0.2, 0.25) is 5.82 Å². The van der Waals surface area contributed by atoms with Crippen molar-refractivity contribution in [2.45, 2.75) is 25.9 Å². The molecule has 16 heavy (non-hydrogen) atoms. The SMILES string of the molecule is CC(=O)C1CC(Oc2cccc(F)c2F)C1. The van der Waals surface area contributed by atoms with Crippen molar-refractivity contribution >= 4 is 5.78 Å². The average molecular weight is 226 g/mol. The highest BCUT2D eigenvalue weighted by Crippen LogP contribution is 2.33. The number of carbonyl (C=O) groups is 1. The Hall–Kier alpha value is -1.45. The highest BCUT2D eigenvalue weighted by molar-refractivity contribution is 5.79. The van der Waals surface area contributed by atoms with Gasteiger partial charge in [-0.3, -0.25) is 4.79 Å². The van der Waals surface area contributed by atoms with Crippen LogP contribution in [0.2, 0.25) is 0 Å². The van der Waals surface area contributed by atoms with Gasteiger partial charge in [-0.1, -0.05) is 6.07 Å². The van der Waals surface area contributed by atoms with Gasteiger partial charge in [-0.25, -0.2) is 4.39 Å². The summed E-state index contributed by atoms with van der Waals surface area (Å²) in [6.07, 6.45) is 1.00. The summed E-state index contributed by atoms with van der Waals surface area (Å²) in [7, 11) is 0. The first-order valence-electron chi connectivity index (χ1n) is 5.19. The maximum atomic E-state index is 13.2. The molecule has 0 amide bonds. The lowest BCUT2D eigenvalue weighted by atomic mass is 9.80. The molecule has 1 fully saturated rings. The number of hydrogen-bond donors (Lipinski definition) is 0. The normalized spacial score (nSPS) is 23.7. The van der Waals surface area contributed by atoms with Gasteiger partial charge in [0.05, 0.1) is 0 Å². The Kier molecular flexibility index (Phi) is 2.90. The molecule has 2 nitrogen and oxygen atoms in total. The highest BCUT2D eigenvalue weighted by Gasteiger charge is 2.34. The second kappa shape index (κ2) is 4.20. The van der Waals surface area contributed by atoms with Gasteiger partial charge < -0.3 is 4.74 Å². The monoisotopic (exact) mass is 226 g/mol. The van der Waals surface area contributed by atoms with Gasteiger partial charge in [-0.2, -0.15) is 4.39 Å². The van der Waals surface area contributed by atoms with Crippen LogP contribution < -0.4 is 4.74 Å². The molecule has 0 saturated heterocycles. The minimum absolute atomic E-state index is 0.0154. The molecule has 0 N–H and O–H groups in total. The zero-order valence-electron chi connectivity index (χ0n) is 8.87. The predicted molar refractivity (Wildman–Crippen MR) is 54.2 cm³/mol. The summed E-state index contributed by atoms with van der Waals surface area (Å²) in [5.74, 6) is -1.82. The summed E-state index contributed by atoms with van der Waals surface area (Å²) in [5.41, 5.74) is 0. The number of carbonyl (C=O) groups excluding carboxylic acids is 1. The quantitative estimate of drug-likeness (QED) is 0.792. The van der Waals surface area contributed by atoms with E-state index >= 15 is 0 Å². The molecule has 1 saturated carbocycles. The number of ketones is 1. The van der Waals surface area contributed by atoms with Crippen LogP contribution in [0.5, 0.6) is 5.75 Å². The van der Waals surface area contributed by atoms with Crippen LogP contribution in [0.1, 0.15) is 19.8 Å². The van der Waals surface area contributed by atoms with E-state index in [1.807, 2.05) is 0 Å². The first-order chi connectivity index (χ1) is 7.58. The van der Waals surface area contributed by atoms with Gasteiger partial charge in [0.15, 0.2) is 11.6 Å². The summed E-state index contributed by atoms with van der Waals surface area (Å²) in [6, 6.07) is 3.83. The van der Waals surface area contributed by atoms with Gasteiger partial charge >= 0.3 is 0 Å². The summed E-state index contributed by atoms with van der Waals surface area (Å²) in [6.45, 7) is 1.53.